The first-order valence-corrected chi connectivity index (χ1v) is 13.1. The molecule has 1 N–H and O–H groups in total. The van der Waals surface area contributed by atoms with Crippen LogP contribution in [0.4, 0.5) is 0 Å². The van der Waals surface area contributed by atoms with E-state index >= 15 is 0 Å². The minimum atomic E-state index is -0.763. The Morgan fingerprint density at radius 3 is 2.28 bits per heavy atom. The van der Waals surface area contributed by atoms with Gasteiger partial charge in [-0.05, 0) is 68.9 Å². The Bertz CT molecular complexity index is 1070. The van der Waals surface area contributed by atoms with Gasteiger partial charge in [-0.25, -0.2) is 0 Å². The van der Waals surface area contributed by atoms with Gasteiger partial charge in [0.2, 0.25) is 11.8 Å². The molecule has 2 aliphatic heterocycles. The van der Waals surface area contributed by atoms with Gasteiger partial charge in [-0.1, -0.05) is 55.8 Å². The summed E-state index contributed by atoms with van der Waals surface area (Å²) in [6, 6.07) is 17.5. The molecule has 36 heavy (non-hydrogen) atoms. The van der Waals surface area contributed by atoms with Gasteiger partial charge in [0.15, 0.2) is 0 Å². The summed E-state index contributed by atoms with van der Waals surface area (Å²) >= 11 is 0. The van der Waals surface area contributed by atoms with Gasteiger partial charge >= 0.3 is 0 Å². The minimum absolute atomic E-state index is 0.0111. The van der Waals surface area contributed by atoms with Crippen LogP contribution in [0.15, 0.2) is 66.2 Å². The molecule has 1 atom stereocenters. The zero-order valence-corrected chi connectivity index (χ0v) is 22.0. The van der Waals surface area contributed by atoms with Gasteiger partial charge in [-0.2, -0.15) is 0 Å². The first-order chi connectivity index (χ1) is 17.3. The number of hydrogen-bond acceptors (Lipinski definition) is 4. The highest BCUT2D eigenvalue weighted by Gasteiger charge is 2.53. The maximum absolute atomic E-state index is 13.5. The fourth-order valence-electron chi connectivity index (χ4n) is 5.17. The maximum Gasteiger partial charge on any atom is 0.246 e. The molecule has 0 saturated carbocycles. The Labute approximate surface area is 215 Å². The van der Waals surface area contributed by atoms with Crippen LogP contribution < -0.4 is 10.1 Å². The van der Waals surface area contributed by atoms with Gasteiger partial charge < -0.3 is 15.0 Å². The minimum Gasteiger partial charge on any atom is -0.457 e. The molecule has 0 radical (unpaired) electrons. The number of para-hydroxylation sites is 1. The standard InChI is InChI=1S/C30H39N3O3/c1-22(2)14-17-33-28(34)27(20-23(3)4)31-29(35)30(33)15-18-32(19-16-30)21-24-10-12-26(13-11-24)36-25-8-6-5-7-9-25/h5-14,23,27H,15-21H2,1-4H3,(H,31,35). The average molecular weight is 490 g/mol. The van der Waals surface area contributed by atoms with Gasteiger partial charge in [-0.15, -0.1) is 0 Å². The number of piperidine rings is 1. The predicted molar refractivity (Wildman–Crippen MR) is 143 cm³/mol. The molecule has 2 aliphatic rings. The molecule has 6 heteroatoms. The van der Waals surface area contributed by atoms with E-state index in [1.807, 2.05) is 61.2 Å². The summed E-state index contributed by atoms with van der Waals surface area (Å²) in [6.45, 7) is 11.1. The SMILES string of the molecule is CC(C)=CCN1C(=O)C(CC(C)C)NC(=O)C12CCN(Cc1ccc(Oc3ccccc3)cc1)CC2. The van der Waals surface area contributed by atoms with Crippen LogP contribution in [-0.4, -0.2) is 52.8 Å². The maximum atomic E-state index is 13.5. The van der Waals surface area contributed by atoms with Gasteiger partial charge in [0, 0.05) is 26.2 Å². The molecule has 1 unspecified atom stereocenters. The van der Waals surface area contributed by atoms with Crippen molar-refractivity contribution in [2.24, 2.45) is 5.92 Å². The van der Waals surface area contributed by atoms with Crippen LogP contribution in [0.2, 0.25) is 0 Å². The number of carbonyl (C=O) groups is 2. The zero-order valence-electron chi connectivity index (χ0n) is 22.0. The molecule has 2 saturated heterocycles. The number of likely N-dealkylation sites (tertiary alicyclic amines) is 1. The number of benzene rings is 2. The third-order valence-corrected chi connectivity index (χ3v) is 7.19. The van der Waals surface area contributed by atoms with Crippen LogP contribution in [0.3, 0.4) is 0 Å². The molecule has 0 aromatic heterocycles. The lowest BCUT2D eigenvalue weighted by Crippen LogP contribution is -2.72. The highest BCUT2D eigenvalue weighted by molar-refractivity contribution is 6.00. The summed E-state index contributed by atoms with van der Waals surface area (Å²) < 4.78 is 5.90. The van der Waals surface area contributed by atoms with E-state index in [-0.39, 0.29) is 11.8 Å². The number of ether oxygens (including phenoxy) is 1. The van der Waals surface area contributed by atoms with E-state index < -0.39 is 11.6 Å². The van der Waals surface area contributed by atoms with Crippen LogP contribution >= 0.6 is 0 Å². The molecule has 0 bridgehead atoms. The molecule has 2 amide bonds. The topological polar surface area (TPSA) is 61.9 Å². The van der Waals surface area contributed by atoms with Crippen LogP contribution in [0.1, 0.15) is 52.5 Å². The van der Waals surface area contributed by atoms with E-state index in [4.69, 9.17) is 4.74 Å². The van der Waals surface area contributed by atoms with Crippen molar-refractivity contribution in [1.29, 1.82) is 0 Å². The first-order valence-electron chi connectivity index (χ1n) is 13.1. The monoisotopic (exact) mass is 489 g/mol. The second kappa shape index (κ2) is 11.3. The van der Waals surface area contributed by atoms with E-state index in [0.717, 1.165) is 36.7 Å². The Balaban J connectivity index is 1.41. The lowest BCUT2D eigenvalue weighted by molar-refractivity contribution is -0.160. The Kier molecular flexibility index (Phi) is 8.14. The largest absolute Gasteiger partial charge is 0.457 e. The summed E-state index contributed by atoms with van der Waals surface area (Å²) in [5, 5.41) is 3.08. The third-order valence-electron chi connectivity index (χ3n) is 7.19. The van der Waals surface area contributed by atoms with Crippen LogP contribution in [0.5, 0.6) is 11.5 Å². The zero-order chi connectivity index (χ0) is 25.7. The van der Waals surface area contributed by atoms with Crippen molar-refractivity contribution in [2.45, 2.75) is 65.1 Å². The van der Waals surface area contributed by atoms with Crippen LogP contribution in [0.25, 0.3) is 0 Å². The lowest BCUT2D eigenvalue weighted by Gasteiger charge is -2.51. The molecular formula is C30H39N3O3. The van der Waals surface area contributed by atoms with Gasteiger partial charge in [0.1, 0.15) is 23.1 Å². The van der Waals surface area contributed by atoms with E-state index in [1.54, 1.807) is 0 Å². The number of rotatable bonds is 8. The van der Waals surface area contributed by atoms with Crippen LogP contribution in [0, 0.1) is 5.92 Å². The predicted octanol–water partition coefficient (Wildman–Crippen LogP) is 5.15. The normalized spacial score (nSPS) is 19.9. The molecule has 6 nitrogen and oxygen atoms in total. The quantitative estimate of drug-likeness (QED) is 0.521. The number of carbonyl (C=O) groups excluding carboxylic acids is 2. The number of nitrogens with zero attached hydrogens (tertiary/aromatic N) is 2. The van der Waals surface area contributed by atoms with Gasteiger partial charge in [0.05, 0.1) is 0 Å². The van der Waals surface area contributed by atoms with Crippen molar-refractivity contribution in [3.8, 4) is 11.5 Å². The number of hydrogen-bond donors (Lipinski definition) is 1. The van der Waals surface area contributed by atoms with E-state index in [2.05, 4.69) is 42.3 Å². The van der Waals surface area contributed by atoms with Crippen molar-refractivity contribution in [3.63, 3.8) is 0 Å². The Morgan fingerprint density at radius 2 is 1.67 bits per heavy atom. The average Bonchev–Trinajstić information content (AvgIpc) is 2.85. The number of piperazine rings is 1. The van der Waals surface area contributed by atoms with E-state index in [0.29, 0.717) is 31.7 Å². The number of allylic oxidation sites excluding steroid dienone is 1. The summed E-state index contributed by atoms with van der Waals surface area (Å²) in [4.78, 5) is 31.2. The Hall–Kier alpha value is -3.12. The fourth-order valence-corrected chi connectivity index (χ4v) is 5.17. The van der Waals surface area contributed by atoms with Crippen molar-refractivity contribution in [2.75, 3.05) is 19.6 Å². The molecule has 192 valence electrons. The molecule has 2 aromatic carbocycles. The van der Waals surface area contributed by atoms with Crippen molar-refractivity contribution in [3.05, 3.63) is 71.8 Å². The molecule has 0 aliphatic carbocycles. The third kappa shape index (κ3) is 5.98. The summed E-state index contributed by atoms with van der Waals surface area (Å²) in [6.07, 6.45) is 4.02. The van der Waals surface area contributed by atoms with Crippen molar-refractivity contribution >= 4 is 11.8 Å². The summed E-state index contributed by atoms with van der Waals surface area (Å²) in [5.74, 6) is 2.04. The molecular weight excluding hydrogens is 450 g/mol. The molecule has 2 aromatic rings. The molecule has 2 heterocycles. The summed E-state index contributed by atoms with van der Waals surface area (Å²) in [5.41, 5.74) is 1.59. The highest BCUT2D eigenvalue weighted by Crippen LogP contribution is 2.34. The van der Waals surface area contributed by atoms with Crippen molar-refractivity contribution in [1.82, 2.24) is 15.1 Å². The first kappa shape index (κ1) is 26.0. The second-order valence-electron chi connectivity index (χ2n) is 10.8. The van der Waals surface area contributed by atoms with Gasteiger partial charge in [0.25, 0.3) is 0 Å². The smallest absolute Gasteiger partial charge is 0.246 e. The molecule has 2 fully saturated rings. The van der Waals surface area contributed by atoms with Crippen molar-refractivity contribution < 1.29 is 14.3 Å². The fraction of sp³-hybridized carbons (Fsp3) is 0.467. The van der Waals surface area contributed by atoms with Crippen LogP contribution in [-0.2, 0) is 16.1 Å². The molecule has 1 spiro atoms. The molecule has 4 rings (SSSR count). The number of nitrogens with one attached hydrogen (secondary N) is 1. The summed E-state index contributed by atoms with van der Waals surface area (Å²) in [7, 11) is 0. The number of amides is 2. The highest BCUT2D eigenvalue weighted by atomic mass is 16.5. The lowest BCUT2D eigenvalue weighted by atomic mass is 9.80. The van der Waals surface area contributed by atoms with Gasteiger partial charge in [-0.3, -0.25) is 14.5 Å². The van der Waals surface area contributed by atoms with E-state index in [1.165, 1.54) is 5.56 Å². The Morgan fingerprint density at radius 1 is 1.03 bits per heavy atom. The second-order valence-corrected chi connectivity index (χ2v) is 10.8. The van der Waals surface area contributed by atoms with E-state index in [9.17, 15) is 9.59 Å².